The third-order valence-corrected chi connectivity index (χ3v) is 5.06. The smallest absolute Gasteiger partial charge is 0.153 e. The molecule has 0 saturated carbocycles. The third-order valence-electron chi connectivity index (χ3n) is 5.06. The van der Waals surface area contributed by atoms with E-state index in [0.29, 0.717) is 5.92 Å². The molecule has 7 heteroatoms. The predicted molar refractivity (Wildman–Crippen MR) is 119 cm³/mol. The first-order chi connectivity index (χ1) is 14.0. The van der Waals surface area contributed by atoms with Crippen molar-refractivity contribution in [2.75, 3.05) is 12.4 Å². The summed E-state index contributed by atoms with van der Waals surface area (Å²) in [5, 5.41) is 14.2. The second-order valence-corrected chi connectivity index (χ2v) is 7.54. The van der Waals surface area contributed by atoms with Crippen LogP contribution in [0.25, 0.3) is 0 Å². The van der Waals surface area contributed by atoms with E-state index in [1.165, 1.54) is 0 Å². The Labute approximate surface area is 173 Å². The summed E-state index contributed by atoms with van der Waals surface area (Å²) in [6.07, 6.45) is 10.9. The average Bonchev–Trinajstić information content (AvgIpc) is 3.21. The molecule has 2 unspecified atom stereocenters. The number of hydrogen-bond donors (Lipinski definition) is 3. The number of anilines is 1. The Morgan fingerprint density at radius 1 is 1.31 bits per heavy atom. The number of aromatic nitrogens is 3. The summed E-state index contributed by atoms with van der Waals surface area (Å²) >= 11 is 0. The Balaban J connectivity index is 1.83. The molecule has 0 spiro atoms. The van der Waals surface area contributed by atoms with E-state index >= 15 is 0 Å². The molecule has 29 heavy (non-hydrogen) atoms. The Morgan fingerprint density at radius 3 is 2.79 bits per heavy atom. The van der Waals surface area contributed by atoms with Gasteiger partial charge in [0.05, 0.1) is 6.04 Å². The number of rotatable bonds is 7. The quantitative estimate of drug-likeness (QED) is 0.615. The summed E-state index contributed by atoms with van der Waals surface area (Å²) in [4.78, 5) is 11.4. The highest BCUT2D eigenvalue weighted by Crippen LogP contribution is 2.22. The summed E-state index contributed by atoms with van der Waals surface area (Å²) in [7, 11) is 2.07. The molecule has 3 N–H and O–H groups in total. The number of pyridine rings is 1. The summed E-state index contributed by atoms with van der Waals surface area (Å²) in [5.41, 5.74) is 2.24. The van der Waals surface area contributed by atoms with E-state index in [1.807, 2.05) is 24.5 Å². The maximum atomic E-state index is 4.92. The zero-order valence-electron chi connectivity index (χ0n) is 17.8. The number of allylic oxidation sites excluding steroid dienone is 1. The minimum absolute atomic E-state index is 0.00929. The van der Waals surface area contributed by atoms with Crippen LogP contribution in [0, 0.1) is 0 Å². The monoisotopic (exact) mass is 393 g/mol. The number of nitrogens with one attached hydrogen (secondary N) is 3. The van der Waals surface area contributed by atoms with Gasteiger partial charge in [0.2, 0.25) is 0 Å². The fourth-order valence-electron chi connectivity index (χ4n) is 3.12. The second-order valence-electron chi connectivity index (χ2n) is 7.54. The van der Waals surface area contributed by atoms with Crippen LogP contribution in [0.4, 0.5) is 5.82 Å². The first kappa shape index (κ1) is 20.6. The van der Waals surface area contributed by atoms with Gasteiger partial charge in [0.1, 0.15) is 17.7 Å². The van der Waals surface area contributed by atoms with Crippen LogP contribution in [0.3, 0.4) is 0 Å². The lowest BCUT2D eigenvalue weighted by Gasteiger charge is -2.34. The van der Waals surface area contributed by atoms with E-state index in [2.05, 4.69) is 83.7 Å². The Morgan fingerprint density at radius 2 is 2.14 bits per heavy atom. The zero-order chi connectivity index (χ0) is 20.8. The van der Waals surface area contributed by atoms with Crippen LogP contribution in [-0.4, -0.2) is 39.0 Å². The van der Waals surface area contributed by atoms with Crippen LogP contribution < -0.4 is 10.6 Å². The van der Waals surface area contributed by atoms with Crippen LogP contribution in [0.1, 0.15) is 57.3 Å². The van der Waals surface area contributed by atoms with Crippen molar-refractivity contribution in [1.29, 1.82) is 0 Å². The van der Waals surface area contributed by atoms with Crippen LogP contribution >= 0.6 is 0 Å². The summed E-state index contributed by atoms with van der Waals surface area (Å²) < 4.78 is 0. The number of hydrogen-bond acceptors (Lipinski definition) is 6. The molecule has 2 aromatic heterocycles. The number of likely N-dealkylation sites (N-methyl/N-ethyl adjacent to an activating group) is 1. The highest BCUT2D eigenvalue weighted by molar-refractivity contribution is 5.91. The van der Waals surface area contributed by atoms with Crippen LogP contribution in [0.15, 0.2) is 59.8 Å². The molecule has 2 atom stereocenters. The first-order valence-corrected chi connectivity index (χ1v) is 10.2. The minimum Gasteiger partial charge on any atom is -0.375 e. The maximum absolute atomic E-state index is 4.92. The van der Waals surface area contributed by atoms with Gasteiger partial charge in [-0.1, -0.05) is 39.0 Å². The van der Waals surface area contributed by atoms with Crippen LogP contribution in [0.5, 0.6) is 0 Å². The van der Waals surface area contributed by atoms with E-state index in [4.69, 9.17) is 4.99 Å². The Bertz CT molecular complexity index is 880. The van der Waals surface area contributed by atoms with Gasteiger partial charge in [-0.25, -0.2) is 4.99 Å². The van der Waals surface area contributed by atoms with E-state index in [9.17, 15) is 0 Å². The largest absolute Gasteiger partial charge is 0.375 e. The van der Waals surface area contributed by atoms with Gasteiger partial charge in [-0.2, -0.15) is 5.10 Å². The van der Waals surface area contributed by atoms with Gasteiger partial charge in [-0.05, 0) is 30.9 Å². The highest BCUT2D eigenvalue weighted by atomic mass is 15.3. The number of nitrogens with zero attached hydrogens (tertiary/aromatic N) is 4. The molecule has 1 aliphatic heterocycles. The summed E-state index contributed by atoms with van der Waals surface area (Å²) in [5.74, 6) is 2.82. The molecule has 3 rings (SSSR count). The number of amidine groups is 1. The Kier molecular flexibility index (Phi) is 6.69. The number of H-pyrrole nitrogens is 1. The molecule has 0 aliphatic carbocycles. The van der Waals surface area contributed by atoms with Crippen molar-refractivity contribution in [2.24, 2.45) is 4.99 Å². The van der Waals surface area contributed by atoms with Gasteiger partial charge in [-0.3, -0.25) is 10.1 Å². The van der Waals surface area contributed by atoms with E-state index in [-0.39, 0.29) is 12.1 Å². The minimum atomic E-state index is 0.00929. The van der Waals surface area contributed by atoms with Crippen molar-refractivity contribution in [3.8, 4) is 0 Å². The normalized spacial score (nSPS) is 17.7. The van der Waals surface area contributed by atoms with E-state index in [1.54, 1.807) is 6.20 Å². The van der Waals surface area contributed by atoms with Crippen molar-refractivity contribution in [3.05, 3.63) is 66.0 Å². The lowest BCUT2D eigenvalue weighted by Crippen LogP contribution is -2.45. The molecule has 0 saturated heterocycles. The zero-order valence-corrected chi connectivity index (χ0v) is 17.8. The van der Waals surface area contributed by atoms with Gasteiger partial charge < -0.3 is 15.5 Å². The van der Waals surface area contributed by atoms with Crippen molar-refractivity contribution >= 4 is 11.7 Å². The van der Waals surface area contributed by atoms with Gasteiger partial charge in [0, 0.05) is 37.4 Å². The molecule has 0 fully saturated rings. The molecule has 2 aromatic rings. The average molecular weight is 394 g/mol. The predicted octanol–water partition coefficient (Wildman–Crippen LogP) is 4.17. The lowest BCUT2D eigenvalue weighted by molar-refractivity contribution is 0.387. The van der Waals surface area contributed by atoms with Gasteiger partial charge in [0.15, 0.2) is 5.82 Å². The molecule has 0 amide bonds. The van der Waals surface area contributed by atoms with E-state index < -0.39 is 0 Å². The van der Waals surface area contributed by atoms with Gasteiger partial charge >= 0.3 is 0 Å². The van der Waals surface area contributed by atoms with Gasteiger partial charge in [0.25, 0.3) is 0 Å². The van der Waals surface area contributed by atoms with Crippen molar-refractivity contribution in [3.63, 3.8) is 0 Å². The summed E-state index contributed by atoms with van der Waals surface area (Å²) in [6, 6.07) is 6.22. The second kappa shape index (κ2) is 9.41. The molecule has 1 aliphatic rings. The van der Waals surface area contributed by atoms with Crippen molar-refractivity contribution in [2.45, 2.75) is 52.1 Å². The third kappa shape index (κ3) is 5.04. The molecular formula is C22H31N7. The molecule has 154 valence electrons. The molecule has 0 radical (unpaired) electrons. The Hall–Kier alpha value is -3.09. The molecule has 7 nitrogen and oxygen atoms in total. The van der Waals surface area contributed by atoms with Crippen molar-refractivity contribution in [1.82, 2.24) is 25.4 Å². The highest BCUT2D eigenvalue weighted by Gasteiger charge is 2.25. The van der Waals surface area contributed by atoms with E-state index in [0.717, 1.165) is 35.2 Å². The molecular weight excluding hydrogens is 362 g/mol. The molecule has 0 bridgehead atoms. The molecule has 0 aromatic carbocycles. The fraction of sp³-hybridized carbons (Fsp3) is 0.409. The lowest BCUT2D eigenvalue weighted by atomic mass is 10.1. The SMILES string of the molecule is CC/C=C/C1NC=C(Nc2cc(C(C)C)[nH]n2)N=C1N(C)C(C)c1cccnc1. The van der Waals surface area contributed by atoms with Crippen LogP contribution in [-0.2, 0) is 0 Å². The van der Waals surface area contributed by atoms with Crippen molar-refractivity contribution < 1.29 is 0 Å². The van der Waals surface area contributed by atoms with Crippen LogP contribution in [0.2, 0.25) is 0 Å². The maximum Gasteiger partial charge on any atom is 0.153 e. The topological polar surface area (TPSA) is 81.2 Å². The number of aromatic amines is 1. The number of aliphatic imine (C=N–C) groups is 1. The standard InChI is InChI=1S/C22H31N7/c1-6-7-10-18-22(29(5)16(4)17-9-8-11-23-13-17)26-21(14-24-18)25-20-12-19(15(2)3)27-28-20/h7-16,18,24H,6H2,1-5H3,(H2,25,27,28)/b10-7+. The first-order valence-electron chi connectivity index (χ1n) is 10.2. The molecule has 3 heterocycles. The fourth-order valence-corrected chi connectivity index (χ4v) is 3.12. The summed E-state index contributed by atoms with van der Waals surface area (Å²) in [6.45, 7) is 8.56. The van der Waals surface area contributed by atoms with Gasteiger partial charge in [-0.15, -0.1) is 0 Å².